The van der Waals surface area contributed by atoms with E-state index in [4.69, 9.17) is 14.4 Å². The van der Waals surface area contributed by atoms with Crippen LogP contribution < -0.4 is 5.19 Å². The summed E-state index contributed by atoms with van der Waals surface area (Å²) in [5.41, 5.74) is 14.4. The Balaban J connectivity index is 0.000000162. The topological polar surface area (TPSA) is 51.8 Å². The molecule has 337 valence electrons. The summed E-state index contributed by atoms with van der Waals surface area (Å²) in [6.45, 7) is 13.9. The van der Waals surface area contributed by atoms with Crippen molar-refractivity contribution in [3.05, 3.63) is 193 Å². The molecule has 1 saturated carbocycles. The van der Waals surface area contributed by atoms with Crippen molar-refractivity contribution < 1.29 is 28.9 Å². The van der Waals surface area contributed by atoms with E-state index in [0.29, 0.717) is 11.8 Å². The molecule has 1 aliphatic rings. The molecule has 0 N–H and O–H groups in total. The molecular formula is C59H60FIrN3OSi. The average molecular weight is 1070 g/mol. The summed E-state index contributed by atoms with van der Waals surface area (Å²) < 4.78 is 19.7. The Kier molecular flexibility index (Phi) is 16.1. The molecule has 10 rings (SSSR count). The van der Waals surface area contributed by atoms with Crippen LogP contribution in [0.2, 0.25) is 19.6 Å². The van der Waals surface area contributed by atoms with Crippen molar-refractivity contribution in [1.29, 1.82) is 0 Å². The Labute approximate surface area is 405 Å². The van der Waals surface area contributed by atoms with Crippen LogP contribution in [0.25, 0.3) is 66.8 Å². The first-order chi connectivity index (χ1) is 31.6. The number of rotatable bonds is 8. The van der Waals surface area contributed by atoms with E-state index in [2.05, 4.69) is 149 Å². The molecule has 0 spiro atoms. The SMILES string of the molecule is CC(C)c1cc(-c2ccccc2)ncc1[Si](C)(C)C.CCc1ccnc(-c2ccccc2)c1.Fc1ccc(-c2ccc3c(c2)oc2c(-c4cc(C5CCCCC5)ccn4)cccc23)cc1.[Ir]. The Morgan fingerprint density at radius 3 is 1.89 bits per heavy atom. The summed E-state index contributed by atoms with van der Waals surface area (Å²) in [5.74, 6) is 0.956. The number of benzene rings is 5. The number of para-hydroxylation sites is 1. The maximum atomic E-state index is 13.3. The first-order valence-corrected chi connectivity index (χ1v) is 26.8. The molecule has 9 aromatic rings. The van der Waals surface area contributed by atoms with E-state index in [0.717, 1.165) is 62.1 Å². The van der Waals surface area contributed by atoms with E-state index in [1.807, 2.05) is 42.7 Å². The summed E-state index contributed by atoms with van der Waals surface area (Å²) in [6, 6.07) is 50.7. The van der Waals surface area contributed by atoms with Crippen LogP contribution in [0.15, 0.2) is 175 Å². The summed E-state index contributed by atoms with van der Waals surface area (Å²) in [7, 11) is -1.33. The predicted molar refractivity (Wildman–Crippen MR) is 274 cm³/mol. The second-order valence-electron chi connectivity index (χ2n) is 18.5. The maximum absolute atomic E-state index is 13.3. The monoisotopic (exact) mass is 1070 g/mol. The van der Waals surface area contributed by atoms with Crippen LogP contribution in [0.3, 0.4) is 0 Å². The van der Waals surface area contributed by atoms with Gasteiger partial charge in [0, 0.05) is 66.2 Å². The van der Waals surface area contributed by atoms with Crippen LogP contribution in [0.5, 0.6) is 0 Å². The van der Waals surface area contributed by atoms with Gasteiger partial charge in [0.15, 0.2) is 0 Å². The average Bonchev–Trinajstić information content (AvgIpc) is 3.73. The molecule has 1 radical (unpaired) electrons. The van der Waals surface area contributed by atoms with Crippen molar-refractivity contribution in [3.63, 3.8) is 0 Å². The second kappa shape index (κ2) is 22.1. The van der Waals surface area contributed by atoms with Gasteiger partial charge in [-0.05, 0) is 125 Å². The Bertz CT molecular complexity index is 2980. The number of furan rings is 1. The zero-order chi connectivity index (χ0) is 45.3. The van der Waals surface area contributed by atoms with Gasteiger partial charge in [0.05, 0.1) is 25.2 Å². The van der Waals surface area contributed by atoms with Crippen molar-refractivity contribution in [1.82, 2.24) is 15.0 Å². The fourth-order valence-corrected chi connectivity index (χ4v) is 10.6. The molecular weight excluding hydrogens is 1010 g/mol. The third-order valence-corrected chi connectivity index (χ3v) is 14.6. The Morgan fingerprint density at radius 1 is 0.606 bits per heavy atom. The number of fused-ring (bicyclic) bond motifs is 3. The fourth-order valence-electron chi connectivity index (χ4n) is 8.91. The van der Waals surface area contributed by atoms with Gasteiger partial charge < -0.3 is 4.42 Å². The van der Waals surface area contributed by atoms with Gasteiger partial charge in [0.25, 0.3) is 0 Å². The van der Waals surface area contributed by atoms with Crippen LogP contribution in [0.4, 0.5) is 4.39 Å². The van der Waals surface area contributed by atoms with E-state index < -0.39 is 8.07 Å². The molecule has 0 unspecified atom stereocenters. The number of hydrogen-bond donors (Lipinski definition) is 0. The molecule has 4 aromatic heterocycles. The van der Waals surface area contributed by atoms with Crippen molar-refractivity contribution >= 4 is 35.2 Å². The Morgan fingerprint density at radius 2 is 1.24 bits per heavy atom. The quantitative estimate of drug-likeness (QED) is 0.142. The van der Waals surface area contributed by atoms with E-state index in [-0.39, 0.29) is 25.9 Å². The number of pyridine rings is 3. The minimum atomic E-state index is -1.33. The molecule has 7 heteroatoms. The number of nitrogens with zero attached hydrogens (tertiary/aromatic N) is 3. The molecule has 4 nitrogen and oxygen atoms in total. The third kappa shape index (κ3) is 11.6. The fraction of sp³-hybridized carbons (Fsp3) is 0.237. The summed E-state index contributed by atoms with van der Waals surface area (Å²) >= 11 is 0. The molecule has 0 bridgehead atoms. The van der Waals surface area contributed by atoms with Gasteiger partial charge in [-0.1, -0.05) is 151 Å². The number of aryl methyl sites for hydroxylation is 1. The van der Waals surface area contributed by atoms with Gasteiger partial charge in [0.2, 0.25) is 0 Å². The predicted octanol–water partition coefficient (Wildman–Crippen LogP) is 16.2. The van der Waals surface area contributed by atoms with Crippen LogP contribution in [0.1, 0.15) is 81.4 Å². The zero-order valence-electron chi connectivity index (χ0n) is 39.0. The van der Waals surface area contributed by atoms with E-state index in [9.17, 15) is 4.39 Å². The molecule has 1 fully saturated rings. The van der Waals surface area contributed by atoms with E-state index in [1.165, 1.54) is 77.2 Å². The molecule has 5 aromatic carbocycles. The number of hydrogen-bond acceptors (Lipinski definition) is 4. The molecule has 66 heavy (non-hydrogen) atoms. The van der Waals surface area contributed by atoms with Crippen molar-refractivity contribution in [2.24, 2.45) is 0 Å². The van der Waals surface area contributed by atoms with Gasteiger partial charge in [-0.15, -0.1) is 0 Å². The first-order valence-electron chi connectivity index (χ1n) is 23.3. The van der Waals surface area contributed by atoms with Crippen LogP contribution in [-0.4, -0.2) is 23.0 Å². The summed E-state index contributed by atoms with van der Waals surface area (Å²) in [5, 5.41) is 3.66. The number of aromatic nitrogens is 3. The molecule has 0 aliphatic heterocycles. The van der Waals surface area contributed by atoms with Gasteiger partial charge >= 0.3 is 0 Å². The summed E-state index contributed by atoms with van der Waals surface area (Å²) in [4.78, 5) is 13.8. The maximum Gasteiger partial charge on any atom is 0.144 e. The molecule has 4 heterocycles. The molecule has 1 aliphatic carbocycles. The normalized spacial score (nSPS) is 12.8. The standard InChI is InChI=1S/C29H24FNO.C17H23NSi.C13H13N.Ir/c30-23-12-9-20(10-13-23)21-11-14-24-25-7-4-8-26(29(25)32-28(24)18-21)27-17-22(15-16-31-27)19-5-2-1-3-6-19;1-13(2)15-11-16(14-9-7-6-8-10-14)18-12-17(15)19(3,4)5;1-2-11-8-9-14-13(10-11)12-6-4-3-5-7-12;/h4,7-19H,1-3,5-6H2;6-13H,1-5H3;3-10H,2H2,1H3;. The summed E-state index contributed by atoms with van der Waals surface area (Å²) in [6.07, 6.45) is 13.5. The minimum absolute atomic E-state index is 0. The second-order valence-corrected chi connectivity index (χ2v) is 23.5. The van der Waals surface area contributed by atoms with E-state index in [1.54, 1.807) is 12.1 Å². The first kappa shape index (κ1) is 48.1. The molecule has 0 saturated heterocycles. The molecule has 0 atom stereocenters. The third-order valence-electron chi connectivity index (χ3n) is 12.6. The van der Waals surface area contributed by atoms with Crippen molar-refractivity contribution in [2.45, 2.75) is 90.8 Å². The van der Waals surface area contributed by atoms with Crippen LogP contribution >= 0.6 is 0 Å². The smallest absolute Gasteiger partial charge is 0.144 e. The van der Waals surface area contributed by atoms with Gasteiger partial charge in [-0.2, -0.15) is 0 Å². The number of halogens is 1. The van der Waals surface area contributed by atoms with Crippen LogP contribution in [-0.2, 0) is 26.5 Å². The van der Waals surface area contributed by atoms with Crippen LogP contribution in [0, 0.1) is 5.82 Å². The Hall–Kier alpha value is -5.85. The van der Waals surface area contributed by atoms with Crippen molar-refractivity contribution in [3.8, 4) is 44.9 Å². The van der Waals surface area contributed by atoms with Crippen molar-refractivity contribution in [2.75, 3.05) is 0 Å². The minimum Gasteiger partial charge on any atom is -0.455 e. The van der Waals surface area contributed by atoms with E-state index >= 15 is 0 Å². The molecule has 0 amide bonds. The largest absolute Gasteiger partial charge is 0.455 e. The van der Waals surface area contributed by atoms with Gasteiger partial charge in [0.1, 0.15) is 17.0 Å². The zero-order valence-corrected chi connectivity index (χ0v) is 42.4. The van der Waals surface area contributed by atoms with Gasteiger partial charge in [-0.25, -0.2) is 4.39 Å². The van der Waals surface area contributed by atoms with Gasteiger partial charge in [-0.3, -0.25) is 15.0 Å².